The number of carbonyl (C=O) groups is 1. The Morgan fingerprint density at radius 1 is 1.38 bits per heavy atom. The Hall–Kier alpha value is -2.63. The second-order valence-corrected chi connectivity index (χ2v) is 4.68. The van der Waals surface area contributed by atoms with Gasteiger partial charge in [0.05, 0.1) is 0 Å². The predicted molar refractivity (Wildman–Crippen MR) is 77.9 cm³/mol. The number of carboxylic acids is 1. The quantitative estimate of drug-likeness (QED) is 0.852. The van der Waals surface area contributed by atoms with Crippen LogP contribution in [0.15, 0.2) is 24.3 Å². The van der Waals surface area contributed by atoms with Crippen molar-refractivity contribution in [1.29, 1.82) is 0 Å². The highest BCUT2D eigenvalue weighted by Gasteiger charge is 2.09. The number of hydrogen-bond donors (Lipinski definition) is 1. The lowest BCUT2D eigenvalue weighted by atomic mass is 10.1. The van der Waals surface area contributed by atoms with Gasteiger partial charge in [-0.05, 0) is 25.5 Å². The van der Waals surface area contributed by atoms with E-state index in [1.54, 1.807) is 0 Å². The molecule has 2 rings (SSSR count). The van der Waals surface area contributed by atoms with Gasteiger partial charge in [0.15, 0.2) is 5.82 Å². The summed E-state index contributed by atoms with van der Waals surface area (Å²) in [5.74, 6) is 1.18. The van der Waals surface area contributed by atoms with Crippen LogP contribution in [-0.2, 0) is 18.4 Å². The molecular weight excluding hydrogens is 270 g/mol. The summed E-state index contributed by atoms with van der Waals surface area (Å²) in [6.45, 7) is 4.05. The van der Waals surface area contributed by atoms with Crippen LogP contribution in [0.1, 0.15) is 22.8 Å². The van der Waals surface area contributed by atoms with Gasteiger partial charge in [-0.25, -0.2) is 4.79 Å². The summed E-state index contributed by atoms with van der Waals surface area (Å²) in [5.41, 5.74) is 1.65. The fraction of sp³-hybridized carbons (Fsp3) is 0.267. The number of ether oxygens (including phenoxy) is 1. The molecule has 0 aliphatic carbocycles. The largest absolute Gasteiger partial charge is 0.485 e. The Morgan fingerprint density at radius 2 is 2.14 bits per heavy atom. The van der Waals surface area contributed by atoms with Crippen LogP contribution in [0.2, 0.25) is 0 Å². The predicted octanol–water partition coefficient (Wildman–Crippen LogP) is 2.11. The zero-order valence-electron chi connectivity index (χ0n) is 12.2. The van der Waals surface area contributed by atoms with Gasteiger partial charge in [-0.3, -0.25) is 0 Å². The van der Waals surface area contributed by atoms with Crippen molar-refractivity contribution < 1.29 is 14.6 Å². The topological polar surface area (TPSA) is 77.2 Å². The van der Waals surface area contributed by atoms with Crippen LogP contribution in [0.25, 0.3) is 6.08 Å². The molecule has 6 heteroatoms. The van der Waals surface area contributed by atoms with E-state index in [9.17, 15) is 4.79 Å². The molecule has 6 nitrogen and oxygen atoms in total. The first-order valence-corrected chi connectivity index (χ1v) is 6.47. The molecule has 0 radical (unpaired) electrons. The van der Waals surface area contributed by atoms with Crippen molar-refractivity contribution in [2.24, 2.45) is 7.05 Å². The zero-order chi connectivity index (χ0) is 15.4. The van der Waals surface area contributed by atoms with Crippen molar-refractivity contribution in [3.8, 4) is 5.75 Å². The molecule has 0 fully saturated rings. The van der Waals surface area contributed by atoms with Crippen molar-refractivity contribution in [2.75, 3.05) is 0 Å². The molecule has 0 aliphatic heterocycles. The Morgan fingerprint density at radius 3 is 2.76 bits per heavy atom. The van der Waals surface area contributed by atoms with Crippen LogP contribution >= 0.6 is 0 Å². The average molecular weight is 287 g/mol. The minimum atomic E-state index is -0.994. The molecule has 0 unspecified atom stereocenters. The van der Waals surface area contributed by atoms with Crippen molar-refractivity contribution in [3.05, 3.63) is 47.1 Å². The number of aromatic nitrogens is 3. The highest BCUT2D eigenvalue weighted by atomic mass is 16.5. The number of rotatable bonds is 5. The summed E-state index contributed by atoms with van der Waals surface area (Å²) in [5, 5.41) is 16.7. The van der Waals surface area contributed by atoms with Gasteiger partial charge in [-0.15, -0.1) is 10.2 Å². The van der Waals surface area contributed by atoms with E-state index >= 15 is 0 Å². The maximum atomic E-state index is 10.6. The summed E-state index contributed by atoms with van der Waals surface area (Å²) < 4.78 is 7.67. The first-order valence-electron chi connectivity index (χ1n) is 6.47. The second kappa shape index (κ2) is 6.21. The Balaban J connectivity index is 2.23. The zero-order valence-corrected chi connectivity index (χ0v) is 12.2. The number of benzene rings is 1. The van der Waals surface area contributed by atoms with E-state index in [0.717, 1.165) is 23.0 Å². The maximum Gasteiger partial charge on any atom is 0.328 e. The number of aliphatic carboxylic acids is 1. The van der Waals surface area contributed by atoms with Gasteiger partial charge >= 0.3 is 5.97 Å². The van der Waals surface area contributed by atoms with Gasteiger partial charge in [0, 0.05) is 18.7 Å². The minimum absolute atomic E-state index is 0.274. The normalized spacial score (nSPS) is 11.0. The van der Waals surface area contributed by atoms with E-state index in [-0.39, 0.29) is 6.61 Å². The molecule has 1 aromatic carbocycles. The molecule has 0 spiro atoms. The first-order chi connectivity index (χ1) is 9.99. The van der Waals surface area contributed by atoms with E-state index in [2.05, 4.69) is 10.2 Å². The summed E-state index contributed by atoms with van der Waals surface area (Å²) in [6.07, 6.45) is 2.61. The summed E-state index contributed by atoms with van der Waals surface area (Å²) in [4.78, 5) is 10.6. The van der Waals surface area contributed by atoms with Crippen LogP contribution < -0.4 is 4.74 Å². The summed E-state index contributed by atoms with van der Waals surface area (Å²) >= 11 is 0. The summed E-state index contributed by atoms with van der Waals surface area (Å²) in [6, 6.07) is 5.58. The van der Waals surface area contributed by atoms with Crippen molar-refractivity contribution >= 4 is 12.0 Å². The molecular formula is C15H17N3O3. The van der Waals surface area contributed by atoms with Gasteiger partial charge in [0.2, 0.25) is 0 Å². The molecule has 1 N–H and O–H groups in total. The smallest absolute Gasteiger partial charge is 0.328 e. The van der Waals surface area contributed by atoms with E-state index in [1.165, 1.54) is 6.08 Å². The van der Waals surface area contributed by atoms with Gasteiger partial charge in [0.25, 0.3) is 0 Å². The van der Waals surface area contributed by atoms with Gasteiger partial charge in [0.1, 0.15) is 18.2 Å². The van der Waals surface area contributed by atoms with Gasteiger partial charge in [-0.2, -0.15) is 0 Å². The molecule has 0 atom stereocenters. The van der Waals surface area contributed by atoms with Crippen LogP contribution in [0.4, 0.5) is 0 Å². The fourth-order valence-electron chi connectivity index (χ4n) is 1.88. The van der Waals surface area contributed by atoms with E-state index in [4.69, 9.17) is 9.84 Å². The van der Waals surface area contributed by atoms with Crippen molar-refractivity contribution in [1.82, 2.24) is 14.8 Å². The lowest BCUT2D eigenvalue weighted by Crippen LogP contribution is -2.06. The molecule has 1 aromatic heterocycles. The average Bonchev–Trinajstić information content (AvgIpc) is 2.75. The Kier molecular flexibility index (Phi) is 4.37. The van der Waals surface area contributed by atoms with Crippen molar-refractivity contribution in [2.45, 2.75) is 20.5 Å². The minimum Gasteiger partial charge on any atom is -0.485 e. The third kappa shape index (κ3) is 3.47. The van der Waals surface area contributed by atoms with Gasteiger partial charge in [-0.1, -0.05) is 18.2 Å². The number of aryl methyl sites for hydroxylation is 2. The summed E-state index contributed by atoms with van der Waals surface area (Å²) in [7, 11) is 1.87. The number of para-hydroxylation sites is 1. The Labute approximate surface area is 122 Å². The van der Waals surface area contributed by atoms with Crippen LogP contribution in [0, 0.1) is 13.8 Å². The van der Waals surface area contributed by atoms with Crippen LogP contribution in [0.5, 0.6) is 5.75 Å². The second-order valence-electron chi connectivity index (χ2n) is 4.68. The van der Waals surface area contributed by atoms with Crippen molar-refractivity contribution in [3.63, 3.8) is 0 Å². The molecule has 1 heterocycles. The van der Waals surface area contributed by atoms with Gasteiger partial charge < -0.3 is 14.4 Å². The fourth-order valence-corrected chi connectivity index (χ4v) is 1.88. The molecule has 21 heavy (non-hydrogen) atoms. The first kappa shape index (κ1) is 14.8. The highest BCUT2D eigenvalue weighted by Crippen LogP contribution is 2.25. The monoisotopic (exact) mass is 287 g/mol. The SMILES string of the molecule is Cc1cccc(/C=C/C(=O)O)c1OCc1nnc(C)n1C. The van der Waals surface area contributed by atoms with Crippen LogP contribution in [0.3, 0.4) is 0 Å². The maximum absolute atomic E-state index is 10.6. The third-order valence-corrected chi connectivity index (χ3v) is 3.18. The van der Waals surface area contributed by atoms with Crippen LogP contribution in [-0.4, -0.2) is 25.8 Å². The molecule has 0 aliphatic rings. The molecule has 0 amide bonds. The standard InChI is InChI=1S/C15H17N3O3/c1-10-5-4-6-12(7-8-14(19)20)15(10)21-9-13-17-16-11(2)18(13)3/h4-8H,9H2,1-3H3,(H,19,20)/b8-7+. The Bertz CT molecular complexity index is 689. The molecule has 0 saturated heterocycles. The molecule has 0 bridgehead atoms. The van der Waals surface area contributed by atoms with E-state index in [0.29, 0.717) is 11.6 Å². The lowest BCUT2D eigenvalue weighted by Gasteiger charge is -2.11. The molecule has 110 valence electrons. The number of hydrogen-bond acceptors (Lipinski definition) is 4. The lowest BCUT2D eigenvalue weighted by molar-refractivity contribution is -0.131. The number of carboxylic acid groups (broad SMARTS) is 1. The third-order valence-electron chi connectivity index (χ3n) is 3.18. The molecule has 0 saturated carbocycles. The van der Waals surface area contributed by atoms with E-state index < -0.39 is 5.97 Å². The molecule has 2 aromatic rings. The highest BCUT2D eigenvalue weighted by molar-refractivity contribution is 5.86. The number of nitrogens with zero attached hydrogens (tertiary/aromatic N) is 3. The van der Waals surface area contributed by atoms with E-state index in [1.807, 2.05) is 43.7 Å².